The van der Waals surface area contributed by atoms with Gasteiger partial charge in [-0.3, -0.25) is 4.79 Å². The molecule has 98 valence electrons. The number of ketones is 1. The highest BCUT2D eigenvalue weighted by atomic mass is 16.5. The maximum absolute atomic E-state index is 12.5. The Morgan fingerprint density at radius 3 is 2.39 bits per heavy atom. The van der Waals surface area contributed by atoms with Crippen molar-refractivity contribution in [2.24, 2.45) is 0 Å². The number of rotatable bonds is 3. The summed E-state index contributed by atoms with van der Waals surface area (Å²) in [5, 5.41) is 0. The van der Waals surface area contributed by atoms with Crippen molar-refractivity contribution in [1.82, 2.24) is 0 Å². The third-order valence-corrected chi connectivity index (χ3v) is 3.79. The molecule has 1 unspecified atom stereocenters. The van der Waals surface area contributed by atoms with Crippen LogP contribution >= 0.6 is 0 Å². The molecule has 0 saturated carbocycles. The summed E-state index contributed by atoms with van der Waals surface area (Å²) in [6.07, 6.45) is 2.97. The predicted octanol–water partition coefficient (Wildman–Crippen LogP) is 3.95. The van der Waals surface area contributed by atoms with Crippen molar-refractivity contribution in [2.75, 3.05) is 6.61 Å². The second-order valence-corrected chi connectivity index (χ2v) is 5.64. The number of hydrogen-bond donors (Lipinski definition) is 0. The minimum Gasteiger partial charge on any atom is -0.367 e. The van der Waals surface area contributed by atoms with Crippen LogP contribution in [0.4, 0.5) is 0 Å². The van der Waals surface area contributed by atoms with Gasteiger partial charge >= 0.3 is 0 Å². The van der Waals surface area contributed by atoms with E-state index in [4.69, 9.17) is 4.74 Å². The quantitative estimate of drug-likeness (QED) is 0.755. The van der Waals surface area contributed by atoms with Gasteiger partial charge in [-0.1, -0.05) is 38.1 Å². The van der Waals surface area contributed by atoms with E-state index in [1.165, 1.54) is 5.56 Å². The lowest BCUT2D eigenvalue weighted by molar-refractivity contribution is -0.0426. The Bertz CT molecular complexity index is 411. The lowest BCUT2D eigenvalue weighted by Gasteiger charge is -2.32. The highest BCUT2D eigenvalue weighted by Gasteiger charge is 2.36. The van der Waals surface area contributed by atoms with E-state index in [2.05, 4.69) is 13.8 Å². The molecule has 2 nitrogen and oxygen atoms in total. The maximum atomic E-state index is 12.5. The first-order chi connectivity index (χ1) is 8.53. The van der Waals surface area contributed by atoms with E-state index in [1.54, 1.807) is 0 Å². The molecular weight excluding hydrogens is 224 g/mol. The van der Waals surface area contributed by atoms with E-state index in [0.29, 0.717) is 12.5 Å². The molecule has 1 heterocycles. The van der Waals surface area contributed by atoms with E-state index in [-0.39, 0.29) is 5.78 Å². The average Bonchev–Trinajstić information content (AvgIpc) is 2.39. The van der Waals surface area contributed by atoms with Crippen LogP contribution in [0, 0.1) is 0 Å². The Hall–Kier alpha value is -1.15. The molecule has 18 heavy (non-hydrogen) atoms. The molecule has 1 aromatic rings. The summed E-state index contributed by atoms with van der Waals surface area (Å²) in [4.78, 5) is 12.5. The largest absolute Gasteiger partial charge is 0.367 e. The number of carbonyl (C=O) groups is 1. The van der Waals surface area contributed by atoms with Gasteiger partial charge in [-0.05, 0) is 37.7 Å². The lowest BCUT2D eigenvalue weighted by Crippen LogP contribution is -2.41. The zero-order valence-corrected chi connectivity index (χ0v) is 11.5. The molecule has 0 spiro atoms. The summed E-state index contributed by atoms with van der Waals surface area (Å²) in [5.74, 6) is 0.619. The van der Waals surface area contributed by atoms with Crippen molar-refractivity contribution >= 4 is 5.78 Å². The minimum absolute atomic E-state index is 0.123. The van der Waals surface area contributed by atoms with E-state index in [9.17, 15) is 4.79 Å². The first-order valence-electron chi connectivity index (χ1n) is 6.82. The fourth-order valence-electron chi connectivity index (χ4n) is 2.44. The fourth-order valence-corrected chi connectivity index (χ4v) is 2.44. The van der Waals surface area contributed by atoms with Gasteiger partial charge in [-0.15, -0.1) is 0 Å². The summed E-state index contributed by atoms with van der Waals surface area (Å²) in [6, 6.07) is 7.95. The Labute approximate surface area is 109 Å². The number of hydrogen-bond acceptors (Lipinski definition) is 2. The number of ether oxygens (including phenoxy) is 1. The summed E-state index contributed by atoms with van der Waals surface area (Å²) in [7, 11) is 0. The van der Waals surface area contributed by atoms with Gasteiger partial charge < -0.3 is 4.74 Å². The first-order valence-corrected chi connectivity index (χ1v) is 6.82. The van der Waals surface area contributed by atoms with E-state index in [1.807, 2.05) is 31.2 Å². The molecule has 1 aliphatic heterocycles. The van der Waals surface area contributed by atoms with Crippen LogP contribution in [0.5, 0.6) is 0 Å². The third kappa shape index (κ3) is 2.64. The van der Waals surface area contributed by atoms with Crippen LogP contribution in [-0.4, -0.2) is 18.0 Å². The Balaban J connectivity index is 2.17. The SMILES string of the molecule is CC(C)c1ccc(C(=O)C2(C)CCCCO2)cc1. The standard InChI is InChI=1S/C16H22O2/c1-12(2)13-6-8-14(9-7-13)15(17)16(3)10-4-5-11-18-16/h6-9,12H,4-5,10-11H2,1-3H3. The van der Waals surface area contributed by atoms with Gasteiger partial charge in [0.05, 0.1) is 0 Å². The Kier molecular flexibility index (Phi) is 3.86. The zero-order valence-electron chi connectivity index (χ0n) is 11.5. The second-order valence-electron chi connectivity index (χ2n) is 5.64. The number of benzene rings is 1. The highest BCUT2D eigenvalue weighted by Crippen LogP contribution is 2.28. The van der Waals surface area contributed by atoms with Crippen molar-refractivity contribution in [2.45, 2.75) is 51.6 Å². The summed E-state index contributed by atoms with van der Waals surface area (Å²) in [6.45, 7) is 6.93. The van der Waals surface area contributed by atoms with Gasteiger partial charge in [0.15, 0.2) is 5.78 Å². The van der Waals surface area contributed by atoms with E-state index in [0.717, 1.165) is 24.8 Å². The Morgan fingerprint density at radius 2 is 1.89 bits per heavy atom. The normalized spacial score (nSPS) is 24.2. The van der Waals surface area contributed by atoms with Crippen LogP contribution in [0.15, 0.2) is 24.3 Å². The average molecular weight is 246 g/mol. The monoisotopic (exact) mass is 246 g/mol. The number of carbonyl (C=O) groups excluding carboxylic acids is 1. The molecule has 0 aromatic heterocycles. The van der Waals surface area contributed by atoms with E-state index >= 15 is 0 Å². The molecule has 0 bridgehead atoms. The summed E-state index contributed by atoms with van der Waals surface area (Å²) >= 11 is 0. The molecule has 1 aliphatic rings. The van der Waals surface area contributed by atoms with Crippen LogP contribution in [0.2, 0.25) is 0 Å². The van der Waals surface area contributed by atoms with Crippen molar-refractivity contribution in [3.63, 3.8) is 0 Å². The molecular formula is C16H22O2. The lowest BCUT2D eigenvalue weighted by atomic mass is 9.87. The van der Waals surface area contributed by atoms with Crippen molar-refractivity contribution in [3.8, 4) is 0 Å². The van der Waals surface area contributed by atoms with Crippen LogP contribution < -0.4 is 0 Å². The third-order valence-electron chi connectivity index (χ3n) is 3.79. The highest BCUT2D eigenvalue weighted by molar-refractivity contribution is 6.02. The molecule has 1 atom stereocenters. The Morgan fingerprint density at radius 1 is 1.22 bits per heavy atom. The minimum atomic E-state index is -0.613. The van der Waals surface area contributed by atoms with Crippen LogP contribution in [0.1, 0.15) is 61.9 Å². The second kappa shape index (κ2) is 5.23. The molecule has 0 aliphatic carbocycles. The van der Waals surface area contributed by atoms with Crippen LogP contribution in [0.25, 0.3) is 0 Å². The zero-order chi connectivity index (χ0) is 13.2. The number of Topliss-reactive ketones (excluding diaryl/α,β-unsaturated/α-hetero) is 1. The molecule has 0 radical (unpaired) electrons. The molecule has 0 amide bonds. The van der Waals surface area contributed by atoms with Gasteiger partial charge in [0, 0.05) is 12.2 Å². The van der Waals surface area contributed by atoms with Crippen LogP contribution in [0.3, 0.4) is 0 Å². The van der Waals surface area contributed by atoms with E-state index < -0.39 is 5.60 Å². The fraction of sp³-hybridized carbons (Fsp3) is 0.562. The predicted molar refractivity (Wildman–Crippen MR) is 73.1 cm³/mol. The molecule has 1 aromatic carbocycles. The molecule has 0 N–H and O–H groups in total. The molecule has 1 fully saturated rings. The van der Waals surface area contributed by atoms with Crippen molar-refractivity contribution in [1.29, 1.82) is 0 Å². The first kappa shape index (κ1) is 13.3. The van der Waals surface area contributed by atoms with Gasteiger partial charge in [-0.2, -0.15) is 0 Å². The van der Waals surface area contributed by atoms with Gasteiger partial charge in [0.1, 0.15) is 5.60 Å². The topological polar surface area (TPSA) is 26.3 Å². The summed E-state index contributed by atoms with van der Waals surface area (Å²) in [5.41, 5.74) is 1.42. The summed E-state index contributed by atoms with van der Waals surface area (Å²) < 4.78 is 5.71. The smallest absolute Gasteiger partial charge is 0.194 e. The van der Waals surface area contributed by atoms with Crippen molar-refractivity contribution < 1.29 is 9.53 Å². The van der Waals surface area contributed by atoms with Gasteiger partial charge in [-0.25, -0.2) is 0 Å². The molecule has 1 saturated heterocycles. The maximum Gasteiger partial charge on any atom is 0.194 e. The molecule has 2 heteroatoms. The van der Waals surface area contributed by atoms with Crippen molar-refractivity contribution in [3.05, 3.63) is 35.4 Å². The van der Waals surface area contributed by atoms with Gasteiger partial charge in [0.25, 0.3) is 0 Å². The molecule has 2 rings (SSSR count). The van der Waals surface area contributed by atoms with Gasteiger partial charge in [0.2, 0.25) is 0 Å². The van der Waals surface area contributed by atoms with Crippen LogP contribution in [-0.2, 0) is 4.74 Å².